The number of aromatic nitrogens is 2. The molecule has 0 saturated carbocycles. The van der Waals surface area contributed by atoms with Gasteiger partial charge in [-0.2, -0.15) is 0 Å². The van der Waals surface area contributed by atoms with Crippen LogP contribution in [-0.2, 0) is 4.79 Å². The highest BCUT2D eigenvalue weighted by atomic mass is 35.5. The predicted octanol–water partition coefficient (Wildman–Crippen LogP) is 7.53. The van der Waals surface area contributed by atoms with Crippen molar-refractivity contribution < 1.29 is 4.79 Å². The number of hydrogen-bond acceptors (Lipinski definition) is 3. The normalized spacial score (nSPS) is 16.9. The van der Waals surface area contributed by atoms with Crippen molar-refractivity contribution in [2.45, 2.75) is 53.6 Å². The number of nitrogens with one attached hydrogen (secondary N) is 2. The number of amides is 1. The van der Waals surface area contributed by atoms with Gasteiger partial charge in [0.1, 0.15) is 0 Å². The Morgan fingerprint density at radius 3 is 2.50 bits per heavy atom. The number of anilines is 2. The van der Waals surface area contributed by atoms with Crippen LogP contribution in [0.3, 0.4) is 0 Å². The molecule has 2 N–H and O–H groups in total. The zero-order valence-corrected chi connectivity index (χ0v) is 25.2. The number of benzene rings is 2. The van der Waals surface area contributed by atoms with Gasteiger partial charge in [0.15, 0.2) is 5.11 Å². The molecule has 2 atom stereocenters. The lowest BCUT2D eigenvalue weighted by Gasteiger charge is -2.28. The standard InChI is InChI=1S/C32H34ClN5OS/c1-18(2)31(39)35-26-13-12-23(17-25(26)33)38-30(29(36-32(38)40)27-9-7-8-14-34-27)24-16-21(5)37(22(24)6)28-15-19(3)10-11-20(28)4/h7-18,29-30H,1-6H3,(H,35,39)(H,36,40)/t29-,30-/m0/s1. The molecule has 2 aromatic heterocycles. The van der Waals surface area contributed by atoms with E-state index in [2.05, 4.69) is 72.1 Å². The van der Waals surface area contributed by atoms with Gasteiger partial charge in [-0.15, -0.1) is 0 Å². The summed E-state index contributed by atoms with van der Waals surface area (Å²) in [4.78, 5) is 19.1. The third kappa shape index (κ3) is 5.11. The van der Waals surface area contributed by atoms with Crippen molar-refractivity contribution in [1.82, 2.24) is 14.9 Å². The quantitative estimate of drug-likeness (QED) is 0.234. The van der Waals surface area contributed by atoms with E-state index < -0.39 is 0 Å². The summed E-state index contributed by atoms with van der Waals surface area (Å²) in [6.07, 6.45) is 1.81. The van der Waals surface area contributed by atoms with E-state index in [-0.39, 0.29) is 23.9 Å². The van der Waals surface area contributed by atoms with Gasteiger partial charge in [0.2, 0.25) is 5.91 Å². The summed E-state index contributed by atoms with van der Waals surface area (Å²) < 4.78 is 2.32. The Morgan fingerprint density at radius 1 is 1.05 bits per heavy atom. The maximum atomic E-state index is 12.3. The molecule has 206 valence electrons. The fourth-order valence-electron chi connectivity index (χ4n) is 5.40. The van der Waals surface area contributed by atoms with Gasteiger partial charge in [0.25, 0.3) is 0 Å². The summed E-state index contributed by atoms with van der Waals surface area (Å²) in [7, 11) is 0. The number of carbonyl (C=O) groups is 1. The molecule has 0 radical (unpaired) electrons. The van der Waals surface area contributed by atoms with Crippen LogP contribution < -0.4 is 15.5 Å². The molecule has 1 saturated heterocycles. The maximum absolute atomic E-state index is 12.3. The molecule has 40 heavy (non-hydrogen) atoms. The Kier molecular flexibility index (Phi) is 7.71. The van der Waals surface area contributed by atoms with Crippen molar-refractivity contribution in [2.75, 3.05) is 10.2 Å². The number of nitrogens with zero attached hydrogens (tertiary/aromatic N) is 3. The zero-order chi connectivity index (χ0) is 28.7. The van der Waals surface area contributed by atoms with Gasteiger partial charge in [0, 0.05) is 34.9 Å². The number of aryl methyl sites for hydroxylation is 3. The Hall–Kier alpha value is -3.68. The highest BCUT2D eigenvalue weighted by molar-refractivity contribution is 7.80. The van der Waals surface area contributed by atoms with Gasteiger partial charge >= 0.3 is 0 Å². The van der Waals surface area contributed by atoms with E-state index in [0.29, 0.717) is 15.8 Å². The molecule has 3 heterocycles. The fraction of sp³-hybridized carbons (Fsp3) is 0.281. The average Bonchev–Trinajstić information content (AvgIpc) is 3.41. The molecule has 0 unspecified atom stereocenters. The minimum atomic E-state index is -0.181. The molecule has 0 bridgehead atoms. The Bertz CT molecular complexity index is 1600. The van der Waals surface area contributed by atoms with Crippen LogP contribution in [0.5, 0.6) is 0 Å². The van der Waals surface area contributed by atoms with Crippen molar-refractivity contribution in [3.05, 3.63) is 106 Å². The molecule has 1 aliphatic rings. The third-order valence-electron chi connectivity index (χ3n) is 7.51. The second-order valence-corrected chi connectivity index (χ2v) is 11.6. The van der Waals surface area contributed by atoms with E-state index >= 15 is 0 Å². The Morgan fingerprint density at radius 2 is 1.82 bits per heavy atom. The highest BCUT2D eigenvalue weighted by Gasteiger charge is 2.42. The molecule has 1 fully saturated rings. The number of rotatable bonds is 6. The van der Waals surface area contributed by atoms with E-state index in [4.69, 9.17) is 28.8 Å². The van der Waals surface area contributed by atoms with Gasteiger partial charge < -0.3 is 20.1 Å². The smallest absolute Gasteiger partial charge is 0.226 e. The predicted molar refractivity (Wildman–Crippen MR) is 168 cm³/mol. The molecule has 5 rings (SSSR count). The number of hydrogen-bond donors (Lipinski definition) is 2. The second kappa shape index (κ2) is 11.1. The van der Waals surface area contributed by atoms with Crippen molar-refractivity contribution in [3.63, 3.8) is 0 Å². The molecule has 2 aromatic carbocycles. The summed E-state index contributed by atoms with van der Waals surface area (Å²) in [5.74, 6) is -0.234. The van der Waals surface area contributed by atoms with E-state index in [1.54, 1.807) is 0 Å². The van der Waals surface area contributed by atoms with Crippen LogP contribution in [0.15, 0.2) is 66.9 Å². The summed E-state index contributed by atoms with van der Waals surface area (Å²) in [6.45, 7) is 12.3. The number of halogens is 1. The average molecular weight is 572 g/mol. The first-order chi connectivity index (χ1) is 19.1. The molecule has 1 aliphatic heterocycles. The molecular weight excluding hydrogens is 538 g/mol. The molecule has 8 heteroatoms. The summed E-state index contributed by atoms with van der Waals surface area (Å²) in [5, 5.41) is 7.49. The largest absolute Gasteiger partial charge is 0.351 e. The molecule has 4 aromatic rings. The summed E-state index contributed by atoms with van der Waals surface area (Å²) >= 11 is 12.6. The van der Waals surface area contributed by atoms with Crippen molar-refractivity contribution >= 4 is 46.2 Å². The Labute approximate surface area is 246 Å². The molecular formula is C32H34ClN5OS. The van der Waals surface area contributed by atoms with Crippen molar-refractivity contribution in [3.8, 4) is 5.69 Å². The fourth-order valence-corrected chi connectivity index (χ4v) is 5.97. The monoisotopic (exact) mass is 571 g/mol. The lowest BCUT2D eigenvalue weighted by Crippen LogP contribution is -2.29. The molecule has 0 aliphatic carbocycles. The maximum Gasteiger partial charge on any atom is 0.226 e. The number of pyridine rings is 1. The van der Waals surface area contributed by atoms with E-state index in [0.717, 1.165) is 28.3 Å². The molecule has 6 nitrogen and oxygen atoms in total. The van der Waals surface area contributed by atoms with Gasteiger partial charge in [-0.25, -0.2) is 0 Å². The van der Waals surface area contributed by atoms with Gasteiger partial charge in [-0.05, 0) is 99.1 Å². The van der Waals surface area contributed by atoms with Crippen molar-refractivity contribution in [1.29, 1.82) is 0 Å². The van der Waals surface area contributed by atoms with Crippen LogP contribution in [0.2, 0.25) is 5.02 Å². The van der Waals surface area contributed by atoms with Crippen LogP contribution in [-0.4, -0.2) is 20.6 Å². The summed E-state index contributed by atoms with van der Waals surface area (Å²) in [5.41, 5.74) is 9.34. The second-order valence-electron chi connectivity index (χ2n) is 10.8. The van der Waals surface area contributed by atoms with E-state index in [9.17, 15) is 4.79 Å². The minimum absolute atomic E-state index is 0.0833. The van der Waals surface area contributed by atoms with Gasteiger partial charge in [-0.3, -0.25) is 9.78 Å². The topological polar surface area (TPSA) is 62.2 Å². The lowest BCUT2D eigenvalue weighted by molar-refractivity contribution is -0.118. The number of thiocarbonyl (C=S) groups is 1. The van der Waals surface area contributed by atoms with Gasteiger partial charge in [-0.1, -0.05) is 43.6 Å². The van der Waals surface area contributed by atoms with Gasteiger partial charge in [0.05, 0.1) is 28.5 Å². The van der Waals surface area contributed by atoms with Crippen molar-refractivity contribution in [2.24, 2.45) is 5.92 Å². The first kappa shape index (κ1) is 27.9. The van der Waals surface area contributed by atoms with Crippen LogP contribution >= 0.6 is 23.8 Å². The number of carbonyl (C=O) groups excluding carboxylic acids is 1. The van der Waals surface area contributed by atoms with Crippen LogP contribution in [0, 0.1) is 33.6 Å². The Balaban J connectivity index is 1.64. The zero-order valence-electron chi connectivity index (χ0n) is 23.6. The van der Waals surface area contributed by atoms with Crippen LogP contribution in [0.1, 0.15) is 59.7 Å². The third-order valence-corrected chi connectivity index (χ3v) is 8.13. The van der Waals surface area contributed by atoms with Crippen LogP contribution in [0.25, 0.3) is 5.69 Å². The van der Waals surface area contributed by atoms with E-state index in [1.807, 2.05) is 56.4 Å². The molecule has 1 amide bonds. The molecule has 0 spiro atoms. The van der Waals surface area contributed by atoms with Crippen LogP contribution in [0.4, 0.5) is 11.4 Å². The minimum Gasteiger partial charge on any atom is -0.351 e. The summed E-state index contributed by atoms with van der Waals surface area (Å²) in [6, 6.07) is 20.0. The first-order valence-corrected chi connectivity index (χ1v) is 14.2. The van der Waals surface area contributed by atoms with E-state index in [1.165, 1.54) is 16.8 Å². The SMILES string of the molecule is Cc1ccc(C)c(-n2c(C)cc([C@H]3[C@H](c4ccccn4)NC(=S)N3c3ccc(NC(=O)C(C)C)c(Cl)c3)c2C)c1. The highest BCUT2D eigenvalue weighted by Crippen LogP contribution is 2.45. The first-order valence-electron chi connectivity index (χ1n) is 13.4. The lowest BCUT2D eigenvalue weighted by atomic mass is 9.96.